The van der Waals surface area contributed by atoms with Crippen LogP contribution in [0.25, 0.3) is 0 Å². The lowest BCUT2D eigenvalue weighted by molar-refractivity contribution is 0.00210. The molecule has 0 aliphatic carbocycles. The van der Waals surface area contributed by atoms with Gasteiger partial charge in [-0.1, -0.05) is 6.07 Å². The SMILES string of the molecule is Cc1nc(CN2CCC[C@]3(COCCN(Cc4ccccn4)C3)C2)cs1. The molecule has 1 atom stereocenters. The minimum absolute atomic E-state index is 0.231. The summed E-state index contributed by atoms with van der Waals surface area (Å²) in [6.07, 6.45) is 4.37. The summed E-state index contributed by atoms with van der Waals surface area (Å²) in [6.45, 7) is 10.0. The highest BCUT2D eigenvalue weighted by Crippen LogP contribution is 2.34. The fourth-order valence-corrected chi connectivity index (χ4v) is 4.94. The van der Waals surface area contributed by atoms with Gasteiger partial charge in [-0.25, -0.2) is 4.98 Å². The minimum Gasteiger partial charge on any atom is -0.379 e. The lowest BCUT2D eigenvalue weighted by atomic mass is 9.80. The standard InChI is InChI=1S/C20H28N4OS/c1-17-22-19(13-26-17)12-23-8-4-6-20(14-23)15-24(9-10-25-16-20)11-18-5-2-3-7-21-18/h2-3,5,7,13H,4,6,8-12,14-16H2,1H3/t20-/m0/s1. The van der Waals surface area contributed by atoms with Gasteiger partial charge in [0.1, 0.15) is 0 Å². The molecule has 6 heteroatoms. The Labute approximate surface area is 160 Å². The van der Waals surface area contributed by atoms with Crippen molar-refractivity contribution in [2.45, 2.75) is 32.9 Å². The van der Waals surface area contributed by atoms with E-state index in [2.05, 4.69) is 44.2 Å². The summed E-state index contributed by atoms with van der Waals surface area (Å²) in [6, 6.07) is 6.18. The van der Waals surface area contributed by atoms with Crippen molar-refractivity contribution in [2.24, 2.45) is 5.41 Å². The van der Waals surface area contributed by atoms with Crippen LogP contribution in [0.3, 0.4) is 0 Å². The Morgan fingerprint density at radius 1 is 1.15 bits per heavy atom. The van der Waals surface area contributed by atoms with E-state index in [1.165, 1.54) is 25.1 Å². The summed E-state index contributed by atoms with van der Waals surface area (Å²) >= 11 is 1.75. The van der Waals surface area contributed by atoms with Gasteiger partial charge in [0.15, 0.2) is 0 Å². The lowest BCUT2D eigenvalue weighted by Crippen LogP contribution is -2.50. The van der Waals surface area contributed by atoms with Gasteiger partial charge in [-0.15, -0.1) is 11.3 Å². The van der Waals surface area contributed by atoms with Crippen molar-refractivity contribution in [2.75, 3.05) is 39.4 Å². The molecular weight excluding hydrogens is 344 g/mol. The molecule has 2 saturated heterocycles. The smallest absolute Gasteiger partial charge is 0.0897 e. The third-order valence-electron chi connectivity index (χ3n) is 5.42. The molecule has 26 heavy (non-hydrogen) atoms. The van der Waals surface area contributed by atoms with Gasteiger partial charge in [0.05, 0.1) is 29.6 Å². The predicted octanol–water partition coefficient (Wildman–Crippen LogP) is 2.96. The van der Waals surface area contributed by atoms with Gasteiger partial charge in [-0.2, -0.15) is 0 Å². The molecule has 4 rings (SSSR count). The van der Waals surface area contributed by atoms with Gasteiger partial charge in [0.25, 0.3) is 0 Å². The molecule has 2 fully saturated rings. The zero-order chi connectivity index (χ0) is 17.8. The zero-order valence-corrected chi connectivity index (χ0v) is 16.4. The van der Waals surface area contributed by atoms with E-state index in [9.17, 15) is 0 Å². The Kier molecular flexibility index (Phi) is 5.64. The van der Waals surface area contributed by atoms with Crippen LogP contribution in [0.5, 0.6) is 0 Å². The number of pyridine rings is 1. The summed E-state index contributed by atoms with van der Waals surface area (Å²) < 4.78 is 6.06. The number of rotatable bonds is 4. The molecule has 140 valence electrons. The first-order valence-corrected chi connectivity index (χ1v) is 10.4. The van der Waals surface area contributed by atoms with Crippen molar-refractivity contribution in [1.82, 2.24) is 19.8 Å². The molecule has 0 radical (unpaired) electrons. The van der Waals surface area contributed by atoms with Crippen LogP contribution in [0, 0.1) is 12.3 Å². The van der Waals surface area contributed by atoms with Crippen molar-refractivity contribution in [1.29, 1.82) is 0 Å². The molecule has 0 amide bonds. The molecule has 2 aromatic rings. The molecular formula is C20H28N4OS. The number of hydrogen-bond donors (Lipinski definition) is 0. The molecule has 0 unspecified atom stereocenters. The van der Waals surface area contributed by atoms with Crippen LogP contribution >= 0.6 is 11.3 Å². The maximum absolute atomic E-state index is 6.06. The van der Waals surface area contributed by atoms with Gasteiger partial charge in [0, 0.05) is 49.7 Å². The number of nitrogens with zero attached hydrogens (tertiary/aromatic N) is 4. The quantitative estimate of drug-likeness (QED) is 0.825. The highest BCUT2D eigenvalue weighted by molar-refractivity contribution is 7.09. The molecule has 5 nitrogen and oxygen atoms in total. The van der Waals surface area contributed by atoms with E-state index in [0.717, 1.165) is 56.6 Å². The van der Waals surface area contributed by atoms with Gasteiger partial charge < -0.3 is 4.74 Å². The highest BCUT2D eigenvalue weighted by Gasteiger charge is 2.39. The maximum atomic E-state index is 6.06. The molecule has 0 aromatic carbocycles. The average Bonchev–Trinajstić information content (AvgIpc) is 2.94. The van der Waals surface area contributed by atoms with Crippen molar-refractivity contribution in [3.63, 3.8) is 0 Å². The maximum Gasteiger partial charge on any atom is 0.0897 e. The summed E-state index contributed by atoms with van der Waals surface area (Å²) in [5, 5.41) is 3.36. The van der Waals surface area contributed by atoms with E-state index in [-0.39, 0.29) is 5.41 Å². The summed E-state index contributed by atoms with van der Waals surface area (Å²) in [7, 11) is 0. The molecule has 0 bridgehead atoms. The van der Waals surface area contributed by atoms with Crippen molar-refractivity contribution in [3.8, 4) is 0 Å². The second-order valence-electron chi connectivity index (χ2n) is 7.76. The van der Waals surface area contributed by atoms with Crippen LogP contribution in [0.4, 0.5) is 0 Å². The largest absolute Gasteiger partial charge is 0.379 e. The third-order valence-corrected chi connectivity index (χ3v) is 6.25. The van der Waals surface area contributed by atoms with Crippen molar-refractivity contribution in [3.05, 3.63) is 46.2 Å². The van der Waals surface area contributed by atoms with Gasteiger partial charge in [0.2, 0.25) is 0 Å². The molecule has 2 aliphatic heterocycles. The van der Waals surface area contributed by atoms with E-state index in [1.807, 2.05) is 12.3 Å². The van der Waals surface area contributed by atoms with Crippen LogP contribution in [0.15, 0.2) is 29.8 Å². The number of aryl methyl sites for hydroxylation is 1. The first kappa shape index (κ1) is 18.0. The van der Waals surface area contributed by atoms with E-state index in [4.69, 9.17) is 4.74 Å². The molecule has 0 saturated carbocycles. The minimum atomic E-state index is 0.231. The lowest BCUT2D eigenvalue weighted by Gasteiger charge is -2.43. The second-order valence-corrected chi connectivity index (χ2v) is 8.82. The number of ether oxygens (including phenoxy) is 1. The van der Waals surface area contributed by atoms with Crippen LogP contribution in [0.1, 0.15) is 29.2 Å². The summed E-state index contributed by atoms with van der Waals surface area (Å²) in [4.78, 5) is 14.3. The van der Waals surface area contributed by atoms with Gasteiger partial charge >= 0.3 is 0 Å². The number of aromatic nitrogens is 2. The number of thiazole rings is 1. The zero-order valence-electron chi connectivity index (χ0n) is 15.6. The fourth-order valence-electron chi connectivity index (χ4n) is 4.34. The van der Waals surface area contributed by atoms with Crippen LogP contribution in [0.2, 0.25) is 0 Å². The molecule has 2 aromatic heterocycles. The Morgan fingerprint density at radius 3 is 2.77 bits per heavy atom. The first-order valence-electron chi connectivity index (χ1n) is 9.54. The highest BCUT2D eigenvalue weighted by atomic mass is 32.1. The van der Waals surface area contributed by atoms with Gasteiger partial charge in [-0.3, -0.25) is 14.8 Å². The van der Waals surface area contributed by atoms with Gasteiger partial charge in [-0.05, 0) is 38.4 Å². The van der Waals surface area contributed by atoms with E-state index in [1.54, 1.807) is 11.3 Å². The second kappa shape index (κ2) is 8.13. The molecule has 1 spiro atoms. The normalized spacial score (nSPS) is 25.4. The number of hydrogen-bond acceptors (Lipinski definition) is 6. The van der Waals surface area contributed by atoms with Crippen LogP contribution in [-0.2, 0) is 17.8 Å². The number of piperidine rings is 1. The van der Waals surface area contributed by atoms with E-state index < -0.39 is 0 Å². The van der Waals surface area contributed by atoms with E-state index in [0.29, 0.717) is 0 Å². The van der Waals surface area contributed by atoms with Crippen molar-refractivity contribution < 1.29 is 4.74 Å². The number of likely N-dealkylation sites (tertiary alicyclic amines) is 1. The first-order chi connectivity index (χ1) is 12.7. The Balaban J connectivity index is 1.43. The monoisotopic (exact) mass is 372 g/mol. The Hall–Kier alpha value is -1.34. The average molecular weight is 373 g/mol. The molecule has 4 heterocycles. The molecule has 0 N–H and O–H groups in total. The molecule has 2 aliphatic rings. The topological polar surface area (TPSA) is 41.5 Å². The summed E-state index contributed by atoms with van der Waals surface area (Å²) in [5.41, 5.74) is 2.59. The summed E-state index contributed by atoms with van der Waals surface area (Å²) in [5.74, 6) is 0. The Bertz CT molecular complexity index is 707. The van der Waals surface area contributed by atoms with Crippen molar-refractivity contribution >= 4 is 11.3 Å². The van der Waals surface area contributed by atoms with Crippen LogP contribution in [-0.4, -0.2) is 59.2 Å². The third kappa shape index (κ3) is 4.49. The Morgan fingerprint density at radius 2 is 2.00 bits per heavy atom. The predicted molar refractivity (Wildman–Crippen MR) is 104 cm³/mol. The fraction of sp³-hybridized carbons (Fsp3) is 0.600. The van der Waals surface area contributed by atoms with Crippen LogP contribution < -0.4 is 0 Å². The van der Waals surface area contributed by atoms with E-state index >= 15 is 0 Å².